The second-order valence-electron chi connectivity index (χ2n) is 17.0. The SMILES string of the molecule is COc1ccc(Cn2c(NCCN)nc(=O)n(Cc3ccc(Cl)c(Cl)c3)c2=O)cc1.COc1ccc(Cn2c(NCCN=C(N)NC#N)nc(=O)n(Cc3ccc(Cl)c(Cl)c3)c2=O)cc1.N#CN=C(Oc1ccccc1)Oc1ccccc1. The third-order valence-electron chi connectivity index (χ3n) is 11.3. The Kier molecular flexibility index (Phi) is 24.1. The second-order valence-corrected chi connectivity index (χ2v) is 18.6. The largest absolute Gasteiger partial charge is 0.497 e. The zero-order valence-electron chi connectivity index (χ0n) is 44.4. The van der Waals surface area contributed by atoms with Gasteiger partial charge in [0.25, 0.3) is 0 Å². The molecular formula is C56H53Cl4N15O8. The number of hydrogen-bond donors (Lipinski definition) is 5. The number of benzene rings is 6. The topological polar surface area (TPSA) is 311 Å². The Morgan fingerprint density at radius 3 is 1.35 bits per heavy atom. The Hall–Kier alpha value is -9.62. The van der Waals surface area contributed by atoms with E-state index in [1.54, 1.807) is 112 Å². The zero-order valence-corrected chi connectivity index (χ0v) is 47.4. The van der Waals surface area contributed by atoms with Crippen LogP contribution in [0.2, 0.25) is 20.1 Å². The number of nitrogens with zero attached hydrogens (tertiary/aromatic N) is 10. The van der Waals surface area contributed by atoms with Gasteiger partial charge in [-0.05, 0) is 95.1 Å². The molecular weight excluding hydrogens is 1150 g/mol. The molecule has 0 aliphatic carbocycles. The van der Waals surface area contributed by atoms with Gasteiger partial charge in [-0.15, -0.1) is 0 Å². The van der Waals surface area contributed by atoms with Crippen LogP contribution < -0.4 is 69.1 Å². The number of methoxy groups -OCH3 is 2. The predicted molar refractivity (Wildman–Crippen MR) is 319 cm³/mol. The summed E-state index contributed by atoms with van der Waals surface area (Å²) in [5.74, 6) is 2.68. The van der Waals surface area contributed by atoms with Crippen molar-refractivity contribution in [1.29, 1.82) is 10.5 Å². The van der Waals surface area contributed by atoms with Crippen LogP contribution in [0.15, 0.2) is 175 Å². The minimum absolute atomic E-state index is 0.0152. The maximum atomic E-state index is 13.4. The number of aliphatic imine (C=N–C) groups is 2. The summed E-state index contributed by atoms with van der Waals surface area (Å²) >= 11 is 24.1. The summed E-state index contributed by atoms with van der Waals surface area (Å²) in [4.78, 5) is 67.5. The smallest absolute Gasteiger partial charge is 0.410 e. The van der Waals surface area contributed by atoms with Crippen molar-refractivity contribution < 1.29 is 18.9 Å². The molecule has 0 radical (unpaired) electrons. The fraction of sp³-hybridized carbons (Fsp3) is 0.179. The van der Waals surface area contributed by atoms with Gasteiger partial charge in [0.1, 0.15) is 23.0 Å². The van der Waals surface area contributed by atoms with Gasteiger partial charge in [0.15, 0.2) is 6.19 Å². The molecule has 0 aliphatic rings. The number of rotatable bonds is 19. The van der Waals surface area contributed by atoms with Gasteiger partial charge in [-0.3, -0.25) is 19.4 Å². The van der Waals surface area contributed by atoms with Crippen LogP contribution in [0.4, 0.5) is 11.9 Å². The molecule has 0 amide bonds. The van der Waals surface area contributed by atoms with Gasteiger partial charge in [0, 0.05) is 19.6 Å². The van der Waals surface area contributed by atoms with Crippen molar-refractivity contribution in [1.82, 2.24) is 33.6 Å². The second kappa shape index (κ2) is 32.0. The fourth-order valence-corrected chi connectivity index (χ4v) is 7.90. The van der Waals surface area contributed by atoms with E-state index in [0.717, 1.165) is 20.3 Å². The molecule has 0 saturated heterocycles. The molecule has 2 aromatic heterocycles. The van der Waals surface area contributed by atoms with Gasteiger partial charge in [0.2, 0.25) is 24.0 Å². The van der Waals surface area contributed by atoms with Crippen LogP contribution in [0.1, 0.15) is 22.3 Å². The molecule has 27 heteroatoms. The fourth-order valence-electron chi connectivity index (χ4n) is 7.26. The molecule has 0 spiro atoms. The van der Waals surface area contributed by atoms with Gasteiger partial charge in [0.05, 0.1) is 67.0 Å². The monoisotopic (exact) mass is 1200 g/mol. The minimum atomic E-state index is -0.733. The summed E-state index contributed by atoms with van der Waals surface area (Å²) in [5, 5.41) is 26.7. The quantitative estimate of drug-likeness (QED) is 0.0183. The molecule has 0 fully saturated rings. The number of hydrogen-bond acceptors (Lipinski definition) is 17. The summed E-state index contributed by atoms with van der Waals surface area (Å²) in [5.41, 5.74) is 11.5. The Labute approximate surface area is 494 Å². The third kappa shape index (κ3) is 19.0. The average molecular weight is 1210 g/mol. The van der Waals surface area contributed by atoms with E-state index in [1.807, 2.05) is 60.7 Å². The Bertz CT molecular complexity index is 3810. The Morgan fingerprint density at radius 2 is 0.964 bits per heavy atom. The number of para-hydroxylation sites is 2. The molecule has 0 atom stereocenters. The van der Waals surface area contributed by atoms with Gasteiger partial charge in [-0.2, -0.15) is 20.5 Å². The minimum Gasteiger partial charge on any atom is -0.497 e. The molecule has 6 aromatic carbocycles. The van der Waals surface area contributed by atoms with Crippen LogP contribution in [0, 0.1) is 22.9 Å². The maximum absolute atomic E-state index is 13.4. The first-order valence-electron chi connectivity index (χ1n) is 24.8. The highest BCUT2D eigenvalue weighted by molar-refractivity contribution is 6.42. The first kappa shape index (κ1) is 62.6. The number of anilines is 2. The number of nitrogens with two attached hydrogens (primary N) is 2. The Morgan fingerprint density at radius 1 is 0.554 bits per heavy atom. The number of ether oxygens (including phenoxy) is 4. The molecule has 428 valence electrons. The van der Waals surface area contributed by atoms with Gasteiger partial charge >= 0.3 is 28.8 Å². The highest BCUT2D eigenvalue weighted by Gasteiger charge is 2.17. The van der Waals surface area contributed by atoms with Crippen molar-refractivity contribution in [2.75, 3.05) is 51.0 Å². The van der Waals surface area contributed by atoms with E-state index in [2.05, 4.69) is 35.9 Å². The maximum Gasteiger partial charge on any atom is 0.410 e. The van der Waals surface area contributed by atoms with E-state index in [1.165, 1.54) is 9.13 Å². The standard InChI is InChI=1S/C22H22Cl2N8O3.C20H21Cl2N5O3.C14H10N2O2/c1-35-16-5-2-14(3-6-16)11-31-20(28-9-8-27-19(26)29-13-25)30-21(33)32(22(31)34)12-15-4-7-17(23)18(24)10-15;1-30-15-5-2-13(3-6-15)11-26-18(24-9-8-23)25-19(28)27(20(26)29)12-14-4-7-16(21)17(22)10-14;15-11-16-14(17-12-7-3-1-4-8-12)18-13-9-5-2-6-10-13/h2-7,10H,8-9,11-12H2,1H3,(H3,26,27,29)(H,28,30,33);2-7,10H,8-9,11-12,23H2,1H3,(H,24,25,28);1-10H. The number of nitriles is 2. The number of nitrogens with one attached hydrogen (secondary N) is 3. The zero-order chi connectivity index (χ0) is 59.7. The van der Waals surface area contributed by atoms with Crippen LogP contribution >= 0.6 is 46.4 Å². The first-order chi connectivity index (χ1) is 40.1. The normalized spacial score (nSPS) is 10.5. The van der Waals surface area contributed by atoms with Crippen LogP contribution in [-0.2, 0) is 26.2 Å². The van der Waals surface area contributed by atoms with Crippen molar-refractivity contribution in [2.45, 2.75) is 26.2 Å². The molecule has 0 unspecified atom stereocenters. The lowest BCUT2D eigenvalue weighted by atomic mass is 10.2. The van der Waals surface area contributed by atoms with Crippen molar-refractivity contribution in [3.63, 3.8) is 0 Å². The van der Waals surface area contributed by atoms with E-state index in [0.29, 0.717) is 67.3 Å². The molecule has 2 heterocycles. The number of aromatic nitrogens is 6. The molecule has 7 N–H and O–H groups in total. The van der Waals surface area contributed by atoms with Crippen molar-refractivity contribution in [3.8, 4) is 35.4 Å². The molecule has 0 bridgehead atoms. The van der Waals surface area contributed by atoms with E-state index < -0.39 is 22.8 Å². The van der Waals surface area contributed by atoms with E-state index in [4.69, 9.17) is 87.3 Å². The summed E-state index contributed by atoms with van der Waals surface area (Å²) in [6.07, 6.45) is 3.21. The van der Waals surface area contributed by atoms with E-state index in [-0.39, 0.29) is 63.2 Å². The van der Waals surface area contributed by atoms with Crippen molar-refractivity contribution in [3.05, 3.63) is 230 Å². The summed E-state index contributed by atoms with van der Waals surface area (Å²) in [6, 6.07) is 42.3. The van der Waals surface area contributed by atoms with Crippen LogP contribution in [0.3, 0.4) is 0 Å². The molecule has 83 heavy (non-hydrogen) atoms. The molecule has 0 aliphatic heterocycles. The van der Waals surface area contributed by atoms with Gasteiger partial charge in [-0.25, -0.2) is 28.3 Å². The summed E-state index contributed by atoms with van der Waals surface area (Å²) in [7, 11) is 3.14. The molecule has 23 nitrogen and oxygen atoms in total. The Balaban J connectivity index is 0.000000210. The lowest BCUT2D eigenvalue weighted by molar-refractivity contribution is 0.386. The third-order valence-corrected chi connectivity index (χ3v) is 12.8. The predicted octanol–water partition coefficient (Wildman–Crippen LogP) is 6.78. The van der Waals surface area contributed by atoms with Crippen LogP contribution in [-0.4, -0.2) is 80.7 Å². The highest BCUT2D eigenvalue weighted by Crippen LogP contribution is 2.24. The number of guanidine groups is 1. The number of halogens is 4. The van der Waals surface area contributed by atoms with Crippen molar-refractivity contribution >= 4 is 70.3 Å². The van der Waals surface area contributed by atoms with E-state index in [9.17, 15) is 19.2 Å². The first-order valence-corrected chi connectivity index (χ1v) is 26.3. The summed E-state index contributed by atoms with van der Waals surface area (Å²) in [6.45, 7) is 1.40. The van der Waals surface area contributed by atoms with Gasteiger partial charge < -0.3 is 41.0 Å². The van der Waals surface area contributed by atoms with Gasteiger partial charge in [-0.1, -0.05) is 124 Å². The van der Waals surface area contributed by atoms with Crippen LogP contribution in [0.5, 0.6) is 23.0 Å². The molecule has 8 rings (SSSR count). The van der Waals surface area contributed by atoms with Crippen LogP contribution in [0.25, 0.3) is 0 Å². The van der Waals surface area contributed by atoms with Crippen molar-refractivity contribution in [2.24, 2.45) is 21.5 Å². The van der Waals surface area contributed by atoms with E-state index >= 15 is 0 Å². The highest BCUT2D eigenvalue weighted by atomic mass is 35.5. The molecule has 8 aromatic rings. The average Bonchev–Trinajstić information content (AvgIpc) is 3.53. The molecule has 0 saturated carbocycles. The lowest BCUT2D eigenvalue weighted by Gasteiger charge is -2.16. The lowest BCUT2D eigenvalue weighted by Crippen LogP contribution is -2.43. The summed E-state index contributed by atoms with van der Waals surface area (Å²) < 4.78 is 25.9.